The number of hydrogen-bond acceptors (Lipinski definition) is 3. The number of benzene rings is 1. The Labute approximate surface area is 106 Å². The summed E-state index contributed by atoms with van der Waals surface area (Å²) in [7, 11) is 1.59. The van der Waals surface area contributed by atoms with Crippen LogP contribution in [0.4, 0.5) is 0 Å². The Hall–Kier alpha value is -0.480. The van der Waals surface area contributed by atoms with Gasteiger partial charge in [-0.1, -0.05) is 23.2 Å². The lowest BCUT2D eigenvalue weighted by atomic mass is 10.2. The number of nitrogens with one attached hydrogen (secondary N) is 1. The minimum atomic E-state index is 0.112. The maximum atomic E-state index is 6.01. The van der Waals surface area contributed by atoms with E-state index in [0.717, 1.165) is 12.1 Å². The summed E-state index contributed by atoms with van der Waals surface area (Å²) in [5.74, 6) is 0.656. The molecule has 0 aliphatic carbocycles. The van der Waals surface area contributed by atoms with Crippen LogP contribution in [0, 0.1) is 0 Å². The predicted molar refractivity (Wildman–Crippen MR) is 68.4 cm³/mol. The van der Waals surface area contributed by atoms with Crippen LogP contribution < -0.4 is 15.8 Å². The molecule has 1 atom stereocenters. The maximum Gasteiger partial charge on any atom is 0.142 e. The summed E-state index contributed by atoms with van der Waals surface area (Å²) in [5, 5.41) is 4.33. The van der Waals surface area contributed by atoms with Crippen LogP contribution in [0.1, 0.15) is 12.5 Å². The number of methoxy groups -OCH3 is 1. The van der Waals surface area contributed by atoms with E-state index in [1.54, 1.807) is 13.2 Å². The van der Waals surface area contributed by atoms with Crippen LogP contribution in [0.25, 0.3) is 0 Å². The van der Waals surface area contributed by atoms with Crippen molar-refractivity contribution in [3.8, 4) is 5.75 Å². The van der Waals surface area contributed by atoms with E-state index in [-0.39, 0.29) is 6.04 Å². The smallest absolute Gasteiger partial charge is 0.142 e. The molecular weight excluding hydrogens is 247 g/mol. The SMILES string of the molecule is COc1c(Cl)cc(Cl)cc1CNCC(C)N. The van der Waals surface area contributed by atoms with Crippen molar-refractivity contribution in [1.29, 1.82) is 0 Å². The van der Waals surface area contributed by atoms with Gasteiger partial charge >= 0.3 is 0 Å². The summed E-state index contributed by atoms with van der Waals surface area (Å²) < 4.78 is 5.23. The summed E-state index contributed by atoms with van der Waals surface area (Å²) >= 11 is 11.9. The molecule has 0 aliphatic rings. The highest BCUT2D eigenvalue weighted by atomic mass is 35.5. The second kappa shape index (κ2) is 6.30. The van der Waals surface area contributed by atoms with Crippen molar-refractivity contribution >= 4 is 23.2 Å². The van der Waals surface area contributed by atoms with Crippen LogP contribution in [-0.4, -0.2) is 19.7 Å². The fourth-order valence-corrected chi connectivity index (χ4v) is 2.02. The Bertz CT molecular complexity index is 356. The van der Waals surface area contributed by atoms with Gasteiger partial charge in [0.2, 0.25) is 0 Å². The normalized spacial score (nSPS) is 12.6. The van der Waals surface area contributed by atoms with Crippen LogP contribution in [-0.2, 0) is 6.54 Å². The zero-order valence-electron chi connectivity index (χ0n) is 9.39. The maximum absolute atomic E-state index is 6.01. The second-order valence-corrected chi connectivity index (χ2v) is 4.53. The van der Waals surface area contributed by atoms with E-state index in [2.05, 4.69) is 5.32 Å². The van der Waals surface area contributed by atoms with Gasteiger partial charge in [0.25, 0.3) is 0 Å². The van der Waals surface area contributed by atoms with Crippen molar-refractivity contribution in [3.63, 3.8) is 0 Å². The van der Waals surface area contributed by atoms with Crippen molar-refractivity contribution in [3.05, 3.63) is 27.7 Å². The molecule has 0 aliphatic heterocycles. The van der Waals surface area contributed by atoms with E-state index in [1.165, 1.54) is 0 Å². The van der Waals surface area contributed by atoms with Crippen LogP contribution in [0.2, 0.25) is 10.0 Å². The molecule has 5 heteroatoms. The number of nitrogens with two attached hydrogens (primary N) is 1. The minimum Gasteiger partial charge on any atom is -0.495 e. The van der Waals surface area contributed by atoms with Gasteiger partial charge in [0.15, 0.2) is 0 Å². The van der Waals surface area contributed by atoms with Crippen LogP contribution >= 0.6 is 23.2 Å². The molecule has 1 rings (SSSR count). The Balaban J connectivity index is 2.77. The van der Waals surface area contributed by atoms with E-state index in [9.17, 15) is 0 Å². The zero-order chi connectivity index (χ0) is 12.1. The highest BCUT2D eigenvalue weighted by Crippen LogP contribution is 2.31. The van der Waals surface area contributed by atoms with Gasteiger partial charge in [-0.2, -0.15) is 0 Å². The third-order valence-electron chi connectivity index (χ3n) is 2.07. The van der Waals surface area contributed by atoms with Gasteiger partial charge in [0, 0.05) is 29.7 Å². The molecular formula is C11H16Cl2N2O. The first-order valence-electron chi connectivity index (χ1n) is 5.02. The lowest BCUT2D eigenvalue weighted by Gasteiger charge is -2.12. The molecule has 1 aromatic carbocycles. The van der Waals surface area contributed by atoms with Crippen molar-refractivity contribution in [2.45, 2.75) is 19.5 Å². The number of ether oxygens (including phenoxy) is 1. The molecule has 0 radical (unpaired) electrons. The zero-order valence-corrected chi connectivity index (χ0v) is 10.9. The first-order chi connectivity index (χ1) is 7.54. The number of rotatable bonds is 5. The Morgan fingerprint density at radius 3 is 2.69 bits per heavy atom. The molecule has 0 amide bonds. The molecule has 0 fully saturated rings. The average molecular weight is 263 g/mol. The van der Waals surface area contributed by atoms with E-state index in [1.807, 2.05) is 13.0 Å². The quantitative estimate of drug-likeness (QED) is 0.857. The highest BCUT2D eigenvalue weighted by molar-refractivity contribution is 6.35. The van der Waals surface area contributed by atoms with E-state index < -0.39 is 0 Å². The fourth-order valence-electron chi connectivity index (χ4n) is 1.41. The monoisotopic (exact) mass is 262 g/mol. The summed E-state index contributed by atoms with van der Waals surface area (Å²) in [4.78, 5) is 0. The van der Waals surface area contributed by atoms with E-state index >= 15 is 0 Å². The highest BCUT2D eigenvalue weighted by Gasteiger charge is 2.09. The van der Waals surface area contributed by atoms with Gasteiger partial charge in [-0.3, -0.25) is 0 Å². The third-order valence-corrected chi connectivity index (χ3v) is 2.57. The Kier molecular flexibility index (Phi) is 5.35. The van der Waals surface area contributed by atoms with E-state index in [0.29, 0.717) is 22.3 Å². The summed E-state index contributed by atoms with van der Waals surface area (Å²) in [5.41, 5.74) is 6.57. The topological polar surface area (TPSA) is 47.3 Å². The third kappa shape index (κ3) is 3.83. The van der Waals surface area contributed by atoms with Gasteiger partial charge in [-0.05, 0) is 19.1 Å². The molecule has 0 spiro atoms. The molecule has 90 valence electrons. The van der Waals surface area contributed by atoms with Gasteiger partial charge in [0.1, 0.15) is 5.75 Å². The van der Waals surface area contributed by atoms with Gasteiger partial charge < -0.3 is 15.8 Å². The molecule has 0 bridgehead atoms. The largest absolute Gasteiger partial charge is 0.495 e. The molecule has 0 saturated carbocycles. The molecule has 0 saturated heterocycles. The average Bonchev–Trinajstić information content (AvgIpc) is 2.16. The molecule has 3 N–H and O–H groups in total. The lowest BCUT2D eigenvalue weighted by molar-refractivity contribution is 0.407. The minimum absolute atomic E-state index is 0.112. The predicted octanol–water partition coefficient (Wildman–Crippen LogP) is 2.44. The fraction of sp³-hybridized carbons (Fsp3) is 0.455. The van der Waals surface area contributed by atoms with Crippen LogP contribution in [0.15, 0.2) is 12.1 Å². The Morgan fingerprint density at radius 2 is 2.12 bits per heavy atom. The molecule has 16 heavy (non-hydrogen) atoms. The first kappa shape index (κ1) is 13.6. The standard InChI is InChI=1S/C11H16Cl2N2O/c1-7(14)5-15-6-8-3-9(12)4-10(13)11(8)16-2/h3-4,7,15H,5-6,14H2,1-2H3. The molecule has 1 unspecified atom stereocenters. The first-order valence-corrected chi connectivity index (χ1v) is 5.78. The van der Waals surface area contributed by atoms with Gasteiger partial charge in [0.05, 0.1) is 12.1 Å². The van der Waals surface area contributed by atoms with Crippen molar-refractivity contribution in [2.75, 3.05) is 13.7 Å². The molecule has 0 heterocycles. The molecule has 1 aromatic rings. The van der Waals surface area contributed by atoms with Gasteiger partial charge in [-0.25, -0.2) is 0 Å². The van der Waals surface area contributed by atoms with Crippen molar-refractivity contribution in [1.82, 2.24) is 5.32 Å². The van der Waals surface area contributed by atoms with Gasteiger partial charge in [-0.15, -0.1) is 0 Å². The second-order valence-electron chi connectivity index (χ2n) is 3.69. The summed E-state index contributed by atoms with van der Waals surface area (Å²) in [6, 6.07) is 3.61. The Morgan fingerprint density at radius 1 is 1.44 bits per heavy atom. The molecule has 3 nitrogen and oxygen atoms in total. The molecule has 0 aromatic heterocycles. The summed E-state index contributed by atoms with van der Waals surface area (Å²) in [6.45, 7) is 3.30. The summed E-state index contributed by atoms with van der Waals surface area (Å²) in [6.07, 6.45) is 0. The van der Waals surface area contributed by atoms with Crippen LogP contribution in [0.5, 0.6) is 5.75 Å². The van der Waals surface area contributed by atoms with Crippen LogP contribution in [0.3, 0.4) is 0 Å². The van der Waals surface area contributed by atoms with Crippen molar-refractivity contribution in [2.24, 2.45) is 5.73 Å². The number of halogens is 2. The van der Waals surface area contributed by atoms with Crippen molar-refractivity contribution < 1.29 is 4.74 Å². The van der Waals surface area contributed by atoms with E-state index in [4.69, 9.17) is 33.7 Å². The lowest BCUT2D eigenvalue weighted by Crippen LogP contribution is -2.30. The number of hydrogen-bond donors (Lipinski definition) is 2.